The topological polar surface area (TPSA) is 0 Å². The normalized spacial score (nSPS) is 3.00. The molecule has 66 valence electrons. The van der Waals surface area contributed by atoms with E-state index in [1.54, 1.807) is 0 Å². The average molecular weight is 550 g/mol. The van der Waals surface area contributed by atoms with Crippen LogP contribution in [0.3, 0.4) is 0 Å². The molecule has 0 N–H and O–H groups in total. The van der Waals surface area contributed by atoms with E-state index in [0.717, 1.165) is 0 Å². The van der Waals surface area contributed by atoms with E-state index in [-0.39, 0.29) is 0 Å². The first-order chi connectivity index (χ1) is 6.00. The SMILES string of the molecule is [F][Ge].[F][Ge].[F][Ge].[F][Ge].[F][Ge].[F][Ge]. The summed E-state index contributed by atoms with van der Waals surface area (Å²) in [6.45, 7) is 0. The van der Waals surface area contributed by atoms with Gasteiger partial charge in [-0.2, -0.15) is 0 Å². The minimum atomic E-state index is 0.500. The Bertz CT molecular complexity index is 12.0. The first kappa shape index (κ1) is 36.4. The molecule has 0 spiro atoms. The second-order valence-electron chi connectivity index (χ2n) is 0. The van der Waals surface area contributed by atoms with Crippen molar-refractivity contribution in [1.29, 1.82) is 0 Å². The molecule has 0 aromatic heterocycles. The maximum atomic E-state index is 9.50. The van der Waals surface area contributed by atoms with Gasteiger partial charge in [0.1, 0.15) is 0 Å². The van der Waals surface area contributed by atoms with Crippen LogP contribution in [0, 0.1) is 0 Å². The molecule has 0 amide bonds. The molecule has 0 aromatic carbocycles. The molecule has 12 heavy (non-hydrogen) atoms. The number of hydrogen-bond donors (Lipinski definition) is 0. The standard InChI is InChI=1S/6FGe/c6*1-2. The summed E-state index contributed by atoms with van der Waals surface area (Å²) in [5.74, 6) is 0. The van der Waals surface area contributed by atoms with Crippen molar-refractivity contribution in [2.45, 2.75) is 0 Å². The zero-order valence-corrected chi connectivity index (χ0v) is 17.9. The summed E-state index contributed by atoms with van der Waals surface area (Å²) in [6, 6.07) is 0. The van der Waals surface area contributed by atoms with E-state index in [4.69, 9.17) is 0 Å². The minimum absolute atomic E-state index is 0.500. The molecular weight excluding hydrogens is 550 g/mol. The van der Waals surface area contributed by atoms with Crippen LogP contribution in [0.15, 0.2) is 0 Å². The molecule has 0 aliphatic carbocycles. The van der Waals surface area contributed by atoms with E-state index >= 15 is 0 Å². The predicted molar refractivity (Wildman–Crippen MR) is 41.2 cm³/mol. The molecule has 0 aliphatic rings. The van der Waals surface area contributed by atoms with Gasteiger partial charge in [-0.3, -0.25) is 0 Å². The molecule has 18 radical (unpaired) electrons. The molecule has 0 aromatic rings. The van der Waals surface area contributed by atoms with Crippen molar-refractivity contribution in [3.63, 3.8) is 0 Å². The van der Waals surface area contributed by atoms with Crippen molar-refractivity contribution in [2.24, 2.45) is 0 Å². The molecule has 0 atom stereocenters. The van der Waals surface area contributed by atoms with Gasteiger partial charge < -0.3 is 0 Å². The summed E-state index contributed by atoms with van der Waals surface area (Å²) in [5.41, 5.74) is 0. The van der Waals surface area contributed by atoms with Crippen molar-refractivity contribution in [3.05, 3.63) is 0 Å². The molecule has 0 fully saturated rings. The molecule has 0 saturated heterocycles. The Kier molecular flexibility index (Phi) is 859. The first-order valence-corrected chi connectivity index (χ1v) is 5.89. The van der Waals surface area contributed by atoms with E-state index in [9.17, 15) is 21.0 Å². The Labute approximate surface area is 121 Å². The second-order valence-corrected chi connectivity index (χ2v) is 0. The van der Waals surface area contributed by atoms with Gasteiger partial charge in [0.2, 0.25) is 0 Å². The van der Waals surface area contributed by atoms with Crippen LogP contribution in [-0.2, 0) is 0 Å². The van der Waals surface area contributed by atoms with Crippen LogP contribution in [0.4, 0.5) is 21.0 Å². The Hall–Kier alpha value is 2.84. The molecule has 0 bridgehead atoms. The third-order valence-electron chi connectivity index (χ3n) is 0. The Morgan fingerprint density at radius 1 is 0.250 bits per heavy atom. The first-order valence-electron chi connectivity index (χ1n) is 1.13. The Morgan fingerprint density at radius 3 is 0.250 bits per heavy atom. The number of rotatable bonds is 0. The van der Waals surface area contributed by atoms with Crippen molar-refractivity contribution >= 4 is 102 Å². The second kappa shape index (κ2) is 283. The van der Waals surface area contributed by atoms with Gasteiger partial charge in [-0.05, 0) is 0 Å². The summed E-state index contributed by atoms with van der Waals surface area (Å²) in [5, 5.41) is 0. The summed E-state index contributed by atoms with van der Waals surface area (Å²) in [4.78, 5) is 0. The van der Waals surface area contributed by atoms with Crippen LogP contribution >= 0.6 is 0 Å². The van der Waals surface area contributed by atoms with Crippen molar-refractivity contribution in [2.75, 3.05) is 0 Å². The molecular formula is F6Ge6. The summed E-state index contributed by atoms with van der Waals surface area (Å²) in [7, 11) is 0. The van der Waals surface area contributed by atoms with E-state index in [0.29, 0.717) is 102 Å². The van der Waals surface area contributed by atoms with Gasteiger partial charge in [0.15, 0.2) is 0 Å². The van der Waals surface area contributed by atoms with Crippen molar-refractivity contribution < 1.29 is 21.0 Å². The fourth-order valence-corrected chi connectivity index (χ4v) is 0. The van der Waals surface area contributed by atoms with Gasteiger partial charge in [0, 0.05) is 0 Å². The maximum absolute atomic E-state index is 9.50. The molecule has 0 unspecified atom stereocenters. The van der Waals surface area contributed by atoms with Gasteiger partial charge in [-0.25, -0.2) is 0 Å². The van der Waals surface area contributed by atoms with Crippen LogP contribution in [0.2, 0.25) is 0 Å². The molecule has 0 heterocycles. The van der Waals surface area contributed by atoms with Gasteiger partial charge in [0.05, 0.1) is 0 Å². The van der Waals surface area contributed by atoms with E-state index < -0.39 is 0 Å². The zero-order chi connectivity index (χ0) is 12.0. The zero-order valence-electron chi connectivity index (χ0n) is 5.27. The summed E-state index contributed by atoms with van der Waals surface area (Å²) >= 11 is 3.00. The van der Waals surface area contributed by atoms with Gasteiger partial charge >= 0.3 is 123 Å². The number of hydrogen-bond acceptors (Lipinski definition) is 0. The third kappa shape index (κ3) is 223. The molecule has 0 rings (SSSR count). The predicted octanol–water partition coefficient (Wildman–Crippen LogP) is 0.236. The quantitative estimate of drug-likeness (QED) is 0.300. The van der Waals surface area contributed by atoms with Gasteiger partial charge in [-0.1, -0.05) is 0 Å². The van der Waals surface area contributed by atoms with E-state index in [1.165, 1.54) is 0 Å². The van der Waals surface area contributed by atoms with Crippen LogP contribution < -0.4 is 0 Å². The summed E-state index contributed by atoms with van der Waals surface area (Å²) in [6.07, 6.45) is 0. The monoisotopic (exact) mass is 558 g/mol. The fraction of sp³-hybridized carbons (Fsp3) is 0. The number of halogens is 6. The molecule has 12 heteroatoms. The van der Waals surface area contributed by atoms with Crippen molar-refractivity contribution in [3.8, 4) is 0 Å². The van der Waals surface area contributed by atoms with Crippen LogP contribution in [0.5, 0.6) is 0 Å². The van der Waals surface area contributed by atoms with E-state index in [1.807, 2.05) is 0 Å². The summed E-state index contributed by atoms with van der Waals surface area (Å²) < 4.78 is 57.0. The van der Waals surface area contributed by atoms with Crippen LogP contribution in [0.25, 0.3) is 0 Å². The molecule has 0 nitrogen and oxygen atoms in total. The van der Waals surface area contributed by atoms with E-state index in [2.05, 4.69) is 0 Å². The Balaban J connectivity index is -0.00000000900. The molecule has 0 saturated carbocycles. The van der Waals surface area contributed by atoms with Crippen molar-refractivity contribution in [1.82, 2.24) is 0 Å². The Morgan fingerprint density at radius 2 is 0.250 bits per heavy atom. The van der Waals surface area contributed by atoms with Gasteiger partial charge in [-0.15, -0.1) is 0 Å². The molecule has 0 aliphatic heterocycles. The fourth-order valence-electron chi connectivity index (χ4n) is 0. The van der Waals surface area contributed by atoms with Crippen LogP contribution in [0.1, 0.15) is 0 Å². The average Bonchev–Trinajstić information content (AvgIpc) is 2.33. The third-order valence-corrected chi connectivity index (χ3v) is 0. The van der Waals surface area contributed by atoms with Gasteiger partial charge in [0.25, 0.3) is 0 Å². The van der Waals surface area contributed by atoms with Crippen LogP contribution in [-0.4, -0.2) is 102 Å².